The molecule has 1 unspecified atom stereocenters. The second kappa shape index (κ2) is 7.72. The average molecular weight is 417 g/mol. The maximum Gasteiger partial charge on any atom is 0.411 e. The van der Waals surface area contributed by atoms with Crippen molar-refractivity contribution in [2.24, 2.45) is 5.73 Å². The fourth-order valence-corrected chi connectivity index (χ4v) is 3.36. The molecule has 1 fully saturated rings. The third-order valence-corrected chi connectivity index (χ3v) is 4.77. The number of hydrogen-bond donors (Lipinski definition) is 1. The number of fused-ring (bicyclic) bond motifs is 1. The zero-order chi connectivity index (χ0) is 21.3. The van der Waals surface area contributed by atoms with E-state index in [1.54, 1.807) is 32.9 Å². The lowest BCUT2D eigenvalue weighted by Crippen LogP contribution is -2.60. The molecule has 1 atom stereocenters. The molecule has 2 heterocycles. The highest BCUT2D eigenvalue weighted by Gasteiger charge is 2.37. The van der Waals surface area contributed by atoms with Crippen molar-refractivity contribution < 1.29 is 14.3 Å². The molecule has 2 amide bonds. The minimum absolute atomic E-state index is 0.144. The molecule has 0 saturated carbocycles. The lowest BCUT2D eigenvalue weighted by Gasteiger charge is -2.40. The number of hydrogen-bond acceptors (Lipinski definition) is 7. The van der Waals surface area contributed by atoms with E-state index >= 15 is 0 Å². The second-order valence-corrected chi connectivity index (χ2v) is 8.10. The summed E-state index contributed by atoms with van der Waals surface area (Å²) in [5.74, 6) is -0.0991. The molecule has 0 spiro atoms. The fourth-order valence-electron chi connectivity index (χ4n) is 3.16. The van der Waals surface area contributed by atoms with Crippen molar-refractivity contribution in [3.8, 4) is 6.07 Å². The molecule has 29 heavy (non-hydrogen) atoms. The van der Waals surface area contributed by atoms with Gasteiger partial charge in [0, 0.05) is 25.0 Å². The quantitative estimate of drug-likeness (QED) is 0.793. The molecule has 1 aliphatic rings. The monoisotopic (exact) mass is 416 g/mol. The van der Waals surface area contributed by atoms with Gasteiger partial charge in [0.25, 0.3) is 0 Å². The predicted molar refractivity (Wildman–Crippen MR) is 107 cm³/mol. The Morgan fingerprint density at radius 3 is 2.66 bits per heavy atom. The van der Waals surface area contributed by atoms with Crippen molar-refractivity contribution in [2.75, 3.05) is 24.5 Å². The lowest BCUT2D eigenvalue weighted by atomic mass is 10.1. The molecule has 152 valence electrons. The first-order valence-corrected chi connectivity index (χ1v) is 9.37. The summed E-state index contributed by atoms with van der Waals surface area (Å²) in [6.45, 7) is 6.04. The van der Waals surface area contributed by atoms with E-state index in [9.17, 15) is 14.9 Å². The number of benzene rings is 1. The van der Waals surface area contributed by atoms with E-state index in [-0.39, 0.29) is 13.1 Å². The van der Waals surface area contributed by atoms with Crippen molar-refractivity contribution in [3.05, 3.63) is 29.0 Å². The zero-order valence-electron chi connectivity index (χ0n) is 16.3. The molecule has 3 rings (SSSR count). The summed E-state index contributed by atoms with van der Waals surface area (Å²) in [4.78, 5) is 36.3. The van der Waals surface area contributed by atoms with Gasteiger partial charge in [0.05, 0.1) is 16.1 Å². The first-order valence-electron chi connectivity index (χ1n) is 8.99. The van der Waals surface area contributed by atoms with E-state index in [4.69, 9.17) is 22.1 Å². The van der Waals surface area contributed by atoms with Gasteiger partial charge in [-0.3, -0.25) is 9.69 Å². The smallest absolute Gasteiger partial charge is 0.411 e. The van der Waals surface area contributed by atoms with Crippen LogP contribution in [0.4, 0.5) is 10.6 Å². The van der Waals surface area contributed by atoms with Crippen LogP contribution in [-0.2, 0) is 9.53 Å². The molecule has 0 radical (unpaired) electrons. The van der Waals surface area contributed by atoms with Crippen molar-refractivity contribution in [2.45, 2.75) is 32.4 Å². The Morgan fingerprint density at radius 2 is 2.03 bits per heavy atom. The Labute approximate surface area is 173 Å². The summed E-state index contributed by atoms with van der Waals surface area (Å²) in [5.41, 5.74) is 5.75. The molecule has 0 bridgehead atoms. The number of amides is 2. The Balaban J connectivity index is 1.93. The summed E-state index contributed by atoms with van der Waals surface area (Å²) in [6.07, 6.45) is 0.798. The molecular formula is C19H21ClN6O3. The summed E-state index contributed by atoms with van der Waals surface area (Å²) < 4.78 is 5.40. The normalized spacial score (nSPS) is 17.1. The third kappa shape index (κ3) is 4.32. The minimum Gasteiger partial charge on any atom is -0.444 e. The van der Waals surface area contributed by atoms with Gasteiger partial charge in [-0.05, 0) is 32.9 Å². The van der Waals surface area contributed by atoms with Gasteiger partial charge in [-0.25, -0.2) is 14.8 Å². The van der Waals surface area contributed by atoms with Crippen molar-refractivity contribution in [3.63, 3.8) is 0 Å². The maximum atomic E-state index is 12.5. The minimum atomic E-state index is -0.883. The summed E-state index contributed by atoms with van der Waals surface area (Å²) in [5, 5.41) is 10.2. The number of nitrogens with two attached hydrogens (primary N) is 1. The molecule has 9 nitrogen and oxygen atoms in total. The topological polar surface area (TPSA) is 125 Å². The summed E-state index contributed by atoms with van der Waals surface area (Å²) >= 11 is 6.10. The Hall–Kier alpha value is -3.12. The SMILES string of the molecule is CC(C)(C)OC(=O)N1CCN(c2ncnc3cc(Cl)c(C#N)cc23)CC1C(N)=O. The van der Waals surface area contributed by atoms with E-state index in [2.05, 4.69) is 9.97 Å². The number of primary amides is 1. The van der Waals surface area contributed by atoms with E-state index in [1.165, 1.54) is 11.2 Å². The van der Waals surface area contributed by atoms with Crippen LogP contribution in [0.1, 0.15) is 26.3 Å². The van der Waals surface area contributed by atoms with Crippen LogP contribution in [0, 0.1) is 11.3 Å². The van der Waals surface area contributed by atoms with Crippen LogP contribution in [0.5, 0.6) is 0 Å². The number of anilines is 1. The Morgan fingerprint density at radius 1 is 1.31 bits per heavy atom. The highest BCUT2D eigenvalue weighted by molar-refractivity contribution is 6.32. The van der Waals surface area contributed by atoms with E-state index in [1.807, 2.05) is 11.0 Å². The zero-order valence-corrected chi connectivity index (χ0v) is 17.1. The predicted octanol–water partition coefficient (Wildman–Crippen LogP) is 2.07. The van der Waals surface area contributed by atoms with Crippen molar-refractivity contribution in [1.82, 2.24) is 14.9 Å². The molecular weight excluding hydrogens is 396 g/mol. The van der Waals surface area contributed by atoms with Gasteiger partial charge in [-0.2, -0.15) is 5.26 Å². The van der Waals surface area contributed by atoms with Gasteiger partial charge in [-0.15, -0.1) is 0 Å². The van der Waals surface area contributed by atoms with Crippen LogP contribution in [0.2, 0.25) is 5.02 Å². The van der Waals surface area contributed by atoms with Gasteiger partial charge in [-0.1, -0.05) is 11.6 Å². The summed E-state index contributed by atoms with van der Waals surface area (Å²) in [6, 6.07) is 4.37. The molecule has 1 saturated heterocycles. The first-order chi connectivity index (χ1) is 13.6. The molecule has 1 aromatic heterocycles. The highest BCUT2D eigenvalue weighted by Crippen LogP contribution is 2.29. The van der Waals surface area contributed by atoms with Crippen molar-refractivity contribution in [1.29, 1.82) is 5.26 Å². The number of nitrogens with zero attached hydrogens (tertiary/aromatic N) is 5. The molecule has 0 aliphatic carbocycles. The van der Waals surface area contributed by atoms with Gasteiger partial charge >= 0.3 is 6.09 Å². The number of halogens is 1. The van der Waals surface area contributed by atoms with Crippen LogP contribution in [0.15, 0.2) is 18.5 Å². The highest BCUT2D eigenvalue weighted by atomic mass is 35.5. The van der Waals surface area contributed by atoms with E-state index in [0.29, 0.717) is 33.9 Å². The average Bonchev–Trinajstić information content (AvgIpc) is 2.65. The van der Waals surface area contributed by atoms with E-state index in [0.717, 1.165) is 0 Å². The molecule has 1 aliphatic heterocycles. The standard InChI is InChI=1S/C19H21ClN6O3/c1-19(2,3)29-18(28)26-5-4-25(9-15(26)16(22)27)17-12-6-11(8-21)13(20)7-14(12)23-10-24-17/h6-7,10,15H,4-5,9H2,1-3H3,(H2,22,27). The van der Waals surface area contributed by atoms with Gasteiger partial charge < -0.3 is 15.4 Å². The van der Waals surface area contributed by atoms with Gasteiger partial charge in [0.2, 0.25) is 5.91 Å². The number of ether oxygens (including phenoxy) is 1. The number of aromatic nitrogens is 2. The molecule has 10 heteroatoms. The lowest BCUT2D eigenvalue weighted by molar-refractivity contribution is -0.123. The Bertz CT molecular complexity index is 1010. The number of nitriles is 1. The molecule has 2 N–H and O–H groups in total. The van der Waals surface area contributed by atoms with Gasteiger partial charge in [0.15, 0.2) is 0 Å². The summed E-state index contributed by atoms with van der Waals surface area (Å²) in [7, 11) is 0. The van der Waals surface area contributed by atoms with Crippen molar-refractivity contribution >= 4 is 40.3 Å². The first kappa shape index (κ1) is 20.6. The largest absolute Gasteiger partial charge is 0.444 e. The second-order valence-electron chi connectivity index (χ2n) is 7.70. The number of carbonyl (C=O) groups excluding carboxylic acids is 2. The number of carbonyl (C=O) groups is 2. The number of piperazine rings is 1. The van der Waals surface area contributed by atoms with Gasteiger partial charge in [0.1, 0.15) is 29.9 Å². The van der Waals surface area contributed by atoms with Crippen LogP contribution in [0.3, 0.4) is 0 Å². The number of rotatable bonds is 2. The van der Waals surface area contributed by atoms with E-state index < -0.39 is 23.6 Å². The Kier molecular flexibility index (Phi) is 5.48. The van der Waals surface area contributed by atoms with Crippen LogP contribution in [-0.4, -0.2) is 58.1 Å². The maximum absolute atomic E-state index is 12.5. The third-order valence-electron chi connectivity index (χ3n) is 4.46. The van der Waals surface area contributed by atoms with Crippen LogP contribution in [0.25, 0.3) is 10.9 Å². The fraction of sp³-hybridized carbons (Fsp3) is 0.421. The van der Waals surface area contributed by atoms with Crippen LogP contribution < -0.4 is 10.6 Å². The van der Waals surface area contributed by atoms with Crippen LogP contribution >= 0.6 is 11.6 Å². The molecule has 2 aromatic rings. The molecule has 1 aromatic carbocycles.